The first-order valence-corrected chi connectivity index (χ1v) is 8.91. The smallest absolute Gasteiger partial charge is 0.209 e. The Labute approximate surface area is 126 Å². The molecule has 0 amide bonds. The number of nitrogens with two attached hydrogens (primary N) is 1. The molecule has 0 unspecified atom stereocenters. The summed E-state index contributed by atoms with van der Waals surface area (Å²) in [5.74, 6) is 1.48. The summed E-state index contributed by atoms with van der Waals surface area (Å²) in [6.07, 6.45) is 4.90. The molecule has 1 aliphatic rings. The van der Waals surface area contributed by atoms with Crippen LogP contribution >= 0.6 is 0 Å². The molecule has 1 fully saturated rings. The second-order valence-electron chi connectivity index (χ2n) is 5.83. The largest absolute Gasteiger partial charge is 0.497 e. The monoisotopic (exact) mass is 313 g/mol. The number of ether oxygens (including phenoxy) is 2. The topological polar surface area (TPSA) is 78.6 Å². The van der Waals surface area contributed by atoms with Crippen molar-refractivity contribution in [2.75, 3.05) is 19.5 Å². The quantitative estimate of drug-likeness (QED) is 0.874. The van der Waals surface area contributed by atoms with Gasteiger partial charge < -0.3 is 9.47 Å². The Morgan fingerprint density at radius 3 is 2.19 bits per heavy atom. The third-order valence-corrected chi connectivity index (χ3v) is 5.04. The summed E-state index contributed by atoms with van der Waals surface area (Å²) in [5, 5.41) is 5.26. The van der Waals surface area contributed by atoms with E-state index < -0.39 is 10.0 Å². The highest BCUT2D eigenvalue weighted by molar-refractivity contribution is 7.89. The lowest BCUT2D eigenvalue weighted by Gasteiger charge is -2.36. The highest BCUT2D eigenvalue weighted by Gasteiger charge is 2.36. The molecule has 1 aromatic rings. The number of hydrogen-bond donors (Lipinski definition) is 1. The van der Waals surface area contributed by atoms with Crippen molar-refractivity contribution in [2.24, 2.45) is 10.6 Å². The van der Waals surface area contributed by atoms with Gasteiger partial charge in [0.2, 0.25) is 10.0 Å². The maximum atomic E-state index is 11.5. The lowest BCUT2D eigenvalue weighted by molar-refractivity contribution is 0.118. The zero-order valence-electron chi connectivity index (χ0n) is 12.4. The highest BCUT2D eigenvalue weighted by Crippen LogP contribution is 2.37. The Hall–Kier alpha value is -1.27. The van der Waals surface area contributed by atoms with E-state index in [-0.39, 0.29) is 11.2 Å². The molecular weight excluding hydrogens is 290 g/mol. The van der Waals surface area contributed by atoms with E-state index in [9.17, 15) is 8.42 Å². The molecule has 0 heterocycles. The van der Waals surface area contributed by atoms with Crippen LogP contribution in [0.1, 0.15) is 32.1 Å². The minimum absolute atomic E-state index is 0.00381. The van der Waals surface area contributed by atoms with E-state index in [2.05, 4.69) is 0 Å². The van der Waals surface area contributed by atoms with Crippen molar-refractivity contribution in [3.63, 3.8) is 0 Å². The Balaban J connectivity index is 2.04. The average Bonchev–Trinajstić information content (AvgIpc) is 2.45. The average molecular weight is 313 g/mol. The van der Waals surface area contributed by atoms with Crippen LogP contribution in [0.25, 0.3) is 0 Å². The molecule has 1 saturated carbocycles. The summed E-state index contributed by atoms with van der Waals surface area (Å²) in [6, 6.07) is 7.30. The van der Waals surface area contributed by atoms with Crippen molar-refractivity contribution in [2.45, 2.75) is 32.1 Å². The lowest BCUT2D eigenvalue weighted by atomic mass is 9.76. The van der Waals surface area contributed by atoms with E-state index in [4.69, 9.17) is 14.6 Å². The molecular formula is C15H23NO4S. The fourth-order valence-electron chi connectivity index (χ4n) is 2.97. The zero-order valence-corrected chi connectivity index (χ0v) is 13.2. The van der Waals surface area contributed by atoms with Crippen molar-refractivity contribution in [3.05, 3.63) is 24.3 Å². The fraction of sp³-hybridized carbons (Fsp3) is 0.600. The molecule has 0 radical (unpaired) electrons. The van der Waals surface area contributed by atoms with Gasteiger partial charge in [0.15, 0.2) is 0 Å². The third-order valence-electron chi connectivity index (χ3n) is 4.03. The maximum Gasteiger partial charge on any atom is 0.209 e. The third kappa shape index (κ3) is 4.89. The molecule has 1 aromatic carbocycles. The lowest BCUT2D eigenvalue weighted by Crippen LogP contribution is -2.40. The molecule has 2 rings (SSSR count). The standard InChI is InChI=1S/C15H23NO4S/c1-19-13-5-7-14(8-6-13)20-11-15(12-21(16,17)18)9-3-2-4-10-15/h5-8H,2-4,9-12H2,1H3,(H2,16,17,18). The molecule has 5 nitrogen and oxygen atoms in total. The van der Waals surface area contributed by atoms with Gasteiger partial charge in [-0.25, -0.2) is 13.6 Å². The van der Waals surface area contributed by atoms with E-state index in [1.165, 1.54) is 0 Å². The number of hydrogen-bond acceptors (Lipinski definition) is 4. The molecule has 0 saturated heterocycles. The highest BCUT2D eigenvalue weighted by atomic mass is 32.2. The number of primary sulfonamides is 1. The molecule has 0 bridgehead atoms. The van der Waals surface area contributed by atoms with Gasteiger partial charge in [0.05, 0.1) is 19.5 Å². The van der Waals surface area contributed by atoms with Crippen LogP contribution in [-0.2, 0) is 10.0 Å². The van der Waals surface area contributed by atoms with Gasteiger partial charge in [-0.3, -0.25) is 0 Å². The van der Waals surface area contributed by atoms with Crippen LogP contribution in [-0.4, -0.2) is 27.9 Å². The Bertz CT molecular complexity index is 548. The Kier molecular flexibility index (Phi) is 5.11. The van der Waals surface area contributed by atoms with Crippen LogP contribution in [0, 0.1) is 5.41 Å². The van der Waals surface area contributed by atoms with E-state index in [0.29, 0.717) is 6.61 Å². The first-order valence-electron chi connectivity index (χ1n) is 7.20. The zero-order chi connectivity index (χ0) is 15.3. The van der Waals surface area contributed by atoms with E-state index >= 15 is 0 Å². The van der Waals surface area contributed by atoms with Crippen LogP contribution in [0.4, 0.5) is 0 Å². The van der Waals surface area contributed by atoms with Gasteiger partial charge >= 0.3 is 0 Å². The summed E-state index contributed by atoms with van der Waals surface area (Å²) in [5.41, 5.74) is -0.355. The molecule has 21 heavy (non-hydrogen) atoms. The van der Waals surface area contributed by atoms with Crippen molar-refractivity contribution in [1.82, 2.24) is 0 Å². The first kappa shape index (κ1) is 16.1. The van der Waals surface area contributed by atoms with Crippen molar-refractivity contribution in [3.8, 4) is 11.5 Å². The molecule has 0 aliphatic heterocycles. The van der Waals surface area contributed by atoms with E-state index in [1.54, 1.807) is 7.11 Å². The molecule has 0 spiro atoms. The summed E-state index contributed by atoms with van der Waals surface area (Å²) in [7, 11) is -1.89. The van der Waals surface area contributed by atoms with Gasteiger partial charge in [-0.15, -0.1) is 0 Å². The summed E-state index contributed by atoms with van der Waals surface area (Å²) in [4.78, 5) is 0. The van der Waals surface area contributed by atoms with Crippen molar-refractivity contribution >= 4 is 10.0 Å². The van der Waals surface area contributed by atoms with Gasteiger partial charge in [0.1, 0.15) is 11.5 Å². The molecule has 0 atom stereocenters. The number of sulfonamides is 1. The Morgan fingerprint density at radius 1 is 1.10 bits per heavy atom. The second-order valence-corrected chi connectivity index (χ2v) is 7.45. The first-order chi connectivity index (χ1) is 9.92. The molecule has 0 aromatic heterocycles. The van der Waals surface area contributed by atoms with Crippen LogP contribution in [0.5, 0.6) is 11.5 Å². The summed E-state index contributed by atoms with van der Waals surface area (Å²) < 4.78 is 33.9. The van der Waals surface area contributed by atoms with Gasteiger partial charge in [-0.2, -0.15) is 0 Å². The van der Waals surface area contributed by atoms with Gasteiger partial charge in [-0.1, -0.05) is 19.3 Å². The van der Waals surface area contributed by atoms with Crippen molar-refractivity contribution < 1.29 is 17.9 Å². The van der Waals surface area contributed by atoms with E-state index in [1.807, 2.05) is 24.3 Å². The summed E-state index contributed by atoms with van der Waals surface area (Å²) >= 11 is 0. The molecule has 1 aliphatic carbocycles. The fourth-order valence-corrected chi connectivity index (χ4v) is 4.19. The summed E-state index contributed by atoms with van der Waals surface area (Å²) in [6.45, 7) is 0.385. The molecule has 118 valence electrons. The van der Waals surface area contributed by atoms with Gasteiger partial charge in [0.25, 0.3) is 0 Å². The van der Waals surface area contributed by atoms with Crippen molar-refractivity contribution in [1.29, 1.82) is 0 Å². The van der Waals surface area contributed by atoms with Crippen LogP contribution in [0.15, 0.2) is 24.3 Å². The number of methoxy groups -OCH3 is 1. The van der Waals surface area contributed by atoms with Crippen LogP contribution in [0.3, 0.4) is 0 Å². The predicted octanol–water partition coefficient (Wildman–Crippen LogP) is 2.31. The Morgan fingerprint density at radius 2 is 1.67 bits per heavy atom. The number of benzene rings is 1. The molecule has 2 N–H and O–H groups in total. The predicted molar refractivity (Wildman–Crippen MR) is 82.0 cm³/mol. The minimum atomic E-state index is -3.50. The maximum absolute atomic E-state index is 11.5. The normalized spacial score (nSPS) is 18.2. The molecule has 6 heteroatoms. The SMILES string of the molecule is COc1ccc(OCC2(CS(N)(=O)=O)CCCCC2)cc1. The van der Waals surface area contributed by atoms with Gasteiger partial charge in [-0.05, 0) is 37.1 Å². The van der Waals surface area contributed by atoms with Crippen LogP contribution in [0.2, 0.25) is 0 Å². The minimum Gasteiger partial charge on any atom is -0.497 e. The van der Waals surface area contributed by atoms with E-state index in [0.717, 1.165) is 43.6 Å². The van der Waals surface area contributed by atoms with Crippen LogP contribution < -0.4 is 14.6 Å². The number of rotatable bonds is 6. The van der Waals surface area contributed by atoms with Gasteiger partial charge in [0, 0.05) is 5.41 Å². The second kappa shape index (κ2) is 6.66.